The van der Waals surface area contributed by atoms with E-state index in [4.69, 9.17) is 38.3 Å². The highest BCUT2D eigenvalue weighted by molar-refractivity contribution is 5.80. The maximum Gasteiger partial charge on any atom is 0.305 e. The fourth-order valence-electron chi connectivity index (χ4n) is 2.40. The lowest BCUT2D eigenvalue weighted by atomic mass is 10.3. The van der Waals surface area contributed by atoms with E-state index in [2.05, 4.69) is 5.32 Å². The van der Waals surface area contributed by atoms with Crippen LogP contribution in [0.4, 0.5) is 0 Å². The van der Waals surface area contributed by atoms with Crippen molar-refractivity contribution in [2.75, 3.05) is 92.4 Å². The van der Waals surface area contributed by atoms with Crippen molar-refractivity contribution in [3.8, 4) is 0 Å². The molecule has 35 heavy (non-hydrogen) atoms. The highest BCUT2D eigenvalue weighted by Crippen LogP contribution is 1.92. The standard InChI is InChI=1S/C23H43NO11/c1-2-4-23(28)35-20-19-34-18-17-33-16-15-32-14-13-31-12-11-30-10-9-29-8-3-7-24-21(25)5-6-22(26)27/h2-20H2,1H3,(H,24,25)(H,26,27). The Hall–Kier alpha value is -1.83. The average molecular weight is 510 g/mol. The number of amides is 1. The van der Waals surface area contributed by atoms with Crippen LogP contribution < -0.4 is 5.32 Å². The van der Waals surface area contributed by atoms with E-state index in [1.165, 1.54) is 0 Å². The maximum atomic E-state index is 11.3. The van der Waals surface area contributed by atoms with Crippen LogP contribution in [0, 0.1) is 0 Å². The number of nitrogens with one attached hydrogen (secondary N) is 1. The molecule has 12 heteroatoms. The van der Waals surface area contributed by atoms with Crippen molar-refractivity contribution in [3.05, 3.63) is 0 Å². The molecule has 0 aromatic heterocycles. The van der Waals surface area contributed by atoms with Crippen molar-refractivity contribution in [3.63, 3.8) is 0 Å². The molecule has 0 unspecified atom stereocenters. The number of rotatable bonds is 27. The number of carbonyl (C=O) groups excluding carboxylic acids is 2. The number of esters is 1. The van der Waals surface area contributed by atoms with Gasteiger partial charge in [-0.3, -0.25) is 14.4 Å². The van der Waals surface area contributed by atoms with E-state index in [-0.39, 0.29) is 31.3 Å². The topological polar surface area (TPSA) is 148 Å². The molecular formula is C23H43NO11. The molecule has 12 nitrogen and oxygen atoms in total. The summed E-state index contributed by atoms with van der Waals surface area (Å²) in [5, 5.41) is 11.1. The molecule has 0 aromatic carbocycles. The Bertz CT molecular complexity index is 520. The van der Waals surface area contributed by atoms with E-state index in [1.807, 2.05) is 6.92 Å². The molecule has 0 spiro atoms. The summed E-state index contributed by atoms with van der Waals surface area (Å²) in [6.45, 7) is 8.10. The van der Waals surface area contributed by atoms with Gasteiger partial charge in [-0.1, -0.05) is 6.92 Å². The van der Waals surface area contributed by atoms with Crippen molar-refractivity contribution in [2.45, 2.75) is 39.0 Å². The van der Waals surface area contributed by atoms with Gasteiger partial charge in [0.15, 0.2) is 0 Å². The fraction of sp³-hybridized carbons (Fsp3) is 0.870. The van der Waals surface area contributed by atoms with Crippen LogP contribution in [-0.4, -0.2) is 115 Å². The van der Waals surface area contributed by atoms with Crippen LogP contribution in [0.1, 0.15) is 39.0 Å². The van der Waals surface area contributed by atoms with E-state index in [0.29, 0.717) is 98.7 Å². The van der Waals surface area contributed by atoms with Crippen LogP contribution >= 0.6 is 0 Å². The quantitative estimate of drug-likeness (QED) is 0.120. The molecule has 0 atom stereocenters. The summed E-state index contributed by atoms with van der Waals surface area (Å²) in [5.74, 6) is -1.45. The van der Waals surface area contributed by atoms with E-state index >= 15 is 0 Å². The maximum absolute atomic E-state index is 11.3. The van der Waals surface area contributed by atoms with Gasteiger partial charge >= 0.3 is 11.9 Å². The van der Waals surface area contributed by atoms with Crippen molar-refractivity contribution < 1.29 is 52.6 Å². The Morgan fingerprint density at radius 2 is 1.03 bits per heavy atom. The van der Waals surface area contributed by atoms with Gasteiger partial charge in [0.1, 0.15) is 6.61 Å². The van der Waals surface area contributed by atoms with E-state index in [0.717, 1.165) is 6.42 Å². The first-order chi connectivity index (χ1) is 17.1. The monoisotopic (exact) mass is 509 g/mol. The Labute approximate surface area is 207 Å². The molecule has 0 aliphatic carbocycles. The van der Waals surface area contributed by atoms with Gasteiger partial charge in [-0.05, 0) is 12.8 Å². The lowest BCUT2D eigenvalue weighted by Crippen LogP contribution is -2.25. The number of hydrogen-bond acceptors (Lipinski definition) is 10. The van der Waals surface area contributed by atoms with Crippen molar-refractivity contribution in [1.82, 2.24) is 5.32 Å². The highest BCUT2D eigenvalue weighted by Gasteiger charge is 2.04. The minimum absolute atomic E-state index is 0.00913. The van der Waals surface area contributed by atoms with Gasteiger partial charge in [0, 0.05) is 26.0 Å². The molecule has 0 fully saturated rings. The van der Waals surface area contributed by atoms with Gasteiger partial charge in [-0.15, -0.1) is 0 Å². The molecule has 1 amide bonds. The van der Waals surface area contributed by atoms with Crippen molar-refractivity contribution >= 4 is 17.8 Å². The first-order valence-corrected chi connectivity index (χ1v) is 12.2. The molecule has 0 heterocycles. The molecular weight excluding hydrogens is 466 g/mol. The lowest BCUT2D eigenvalue weighted by Gasteiger charge is -2.08. The minimum Gasteiger partial charge on any atom is -0.481 e. The van der Waals surface area contributed by atoms with Crippen LogP contribution in [0.15, 0.2) is 0 Å². The predicted octanol–water partition coefficient (Wildman–Crippen LogP) is 0.800. The summed E-state index contributed by atoms with van der Waals surface area (Å²) < 4.78 is 37.2. The molecule has 0 saturated carbocycles. The Morgan fingerprint density at radius 1 is 0.600 bits per heavy atom. The molecule has 0 radical (unpaired) electrons. The normalized spacial score (nSPS) is 10.9. The zero-order valence-electron chi connectivity index (χ0n) is 21.0. The molecule has 0 aromatic rings. The second-order valence-electron chi connectivity index (χ2n) is 7.24. The Morgan fingerprint density at radius 3 is 1.46 bits per heavy atom. The second kappa shape index (κ2) is 26.8. The molecule has 0 aliphatic rings. The average Bonchev–Trinajstić information content (AvgIpc) is 2.83. The van der Waals surface area contributed by atoms with Gasteiger partial charge in [0.25, 0.3) is 0 Å². The molecule has 2 N–H and O–H groups in total. The predicted molar refractivity (Wildman–Crippen MR) is 125 cm³/mol. The highest BCUT2D eigenvalue weighted by atomic mass is 16.6. The molecule has 0 saturated heterocycles. The second-order valence-corrected chi connectivity index (χ2v) is 7.24. The number of carbonyl (C=O) groups is 3. The summed E-state index contributed by atoms with van der Waals surface area (Å²) in [6.07, 6.45) is 1.69. The number of ether oxygens (including phenoxy) is 7. The fourth-order valence-corrected chi connectivity index (χ4v) is 2.40. The first kappa shape index (κ1) is 33.2. The van der Waals surface area contributed by atoms with Crippen molar-refractivity contribution in [2.24, 2.45) is 0 Å². The summed E-state index contributed by atoms with van der Waals surface area (Å²) >= 11 is 0. The SMILES string of the molecule is CCCC(=O)OCCOCCOCCOCCOCCOCCOCCCNC(=O)CCC(=O)O. The van der Waals surface area contributed by atoms with Crippen LogP contribution in [0.25, 0.3) is 0 Å². The van der Waals surface area contributed by atoms with Crippen LogP contribution in [0.5, 0.6) is 0 Å². The third kappa shape index (κ3) is 28.3. The van der Waals surface area contributed by atoms with E-state index in [9.17, 15) is 14.4 Å². The van der Waals surface area contributed by atoms with Crippen LogP contribution in [-0.2, 0) is 47.5 Å². The zero-order valence-corrected chi connectivity index (χ0v) is 21.0. The lowest BCUT2D eigenvalue weighted by molar-refractivity contribution is -0.145. The number of aliphatic carboxylic acids is 1. The third-order valence-electron chi connectivity index (χ3n) is 4.16. The van der Waals surface area contributed by atoms with Gasteiger partial charge < -0.3 is 43.6 Å². The summed E-state index contributed by atoms with van der Waals surface area (Å²) in [6, 6.07) is 0. The Kier molecular flexibility index (Phi) is 25.4. The molecule has 206 valence electrons. The largest absolute Gasteiger partial charge is 0.481 e. The van der Waals surface area contributed by atoms with Gasteiger partial charge in [0.2, 0.25) is 5.91 Å². The number of carboxylic acids is 1. The minimum atomic E-state index is -0.983. The Balaban J connectivity index is 3.12. The van der Waals surface area contributed by atoms with Crippen molar-refractivity contribution in [1.29, 1.82) is 0 Å². The summed E-state index contributed by atoms with van der Waals surface area (Å²) in [7, 11) is 0. The summed E-state index contributed by atoms with van der Waals surface area (Å²) in [5.41, 5.74) is 0. The van der Waals surface area contributed by atoms with E-state index < -0.39 is 5.97 Å². The van der Waals surface area contributed by atoms with Gasteiger partial charge in [0.05, 0.1) is 79.1 Å². The summed E-state index contributed by atoms with van der Waals surface area (Å²) in [4.78, 5) is 32.8. The smallest absolute Gasteiger partial charge is 0.305 e. The van der Waals surface area contributed by atoms with Crippen LogP contribution in [0.3, 0.4) is 0 Å². The number of hydrogen-bond donors (Lipinski definition) is 2. The number of carboxylic acid groups (broad SMARTS) is 1. The van der Waals surface area contributed by atoms with Crippen LogP contribution in [0.2, 0.25) is 0 Å². The van der Waals surface area contributed by atoms with Gasteiger partial charge in [-0.2, -0.15) is 0 Å². The zero-order chi connectivity index (χ0) is 25.8. The molecule has 0 bridgehead atoms. The van der Waals surface area contributed by atoms with Gasteiger partial charge in [-0.25, -0.2) is 0 Å². The molecule has 0 rings (SSSR count). The first-order valence-electron chi connectivity index (χ1n) is 12.2. The third-order valence-corrected chi connectivity index (χ3v) is 4.16. The molecule has 0 aliphatic heterocycles. The van der Waals surface area contributed by atoms with E-state index in [1.54, 1.807) is 0 Å².